The van der Waals surface area contributed by atoms with Crippen LogP contribution in [0, 0.1) is 0 Å². The Labute approximate surface area is 294 Å². The van der Waals surface area contributed by atoms with Crippen LogP contribution >= 0.6 is 0 Å². The maximum Gasteiger partial charge on any atom is 0.0788 e. The van der Waals surface area contributed by atoms with Gasteiger partial charge in [-0.25, -0.2) is 0 Å². The summed E-state index contributed by atoms with van der Waals surface area (Å²) in [7, 11) is 0. The highest BCUT2D eigenvalue weighted by atomic mass is 15.1. The molecule has 0 aliphatic carbocycles. The van der Waals surface area contributed by atoms with Crippen LogP contribution in [0.1, 0.15) is 0 Å². The Balaban J connectivity index is 1.23. The molecule has 238 valence electrons. The van der Waals surface area contributed by atoms with Gasteiger partial charge in [0.05, 0.1) is 33.1 Å². The zero-order valence-corrected chi connectivity index (χ0v) is 27.7. The van der Waals surface area contributed by atoms with Crippen molar-refractivity contribution in [2.24, 2.45) is 0 Å². The lowest BCUT2D eigenvalue weighted by Gasteiger charge is -2.15. The highest BCUT2D eigenvalue weighted by Crippen LogP contribution is 2.42. The van der Waals surface area contributed by atoms with Crippen molar-refractivity contribution in [1.82, 2.24) is 13.7 Å². The average molecular weight is 650 g/mol. The molecule has 0 bridgehead atoms. The first-order valence-electron chi connectivity index (χ1n) is 17.5. The second-order valence-corrected chi connectivity index (χ2v) is 13.4. The fourth-order valence-corrected chi connectivity index (χ4v) is 8.44. The molecule has 0 aliphatic heterocycles. The van der Waals surface area contributed by atoms with Crippen LogP contribution in [0.2, 0.25) is 0 Å². The minimum absolute atomic E-state index is 1.13. The fraction of sp³-hybridized carbons (Fsp3) is 0. The summed E-state index contributed by atoms with van der Waals surface area (Å²) in [6.07, 6.45) is 0. The van der Waals surface area contributed by atoms with Gasteiger partial charge >= 0.3 is 0 Å². The maximum atomic E-state index is 2.48. The largest absolute Gasteiger partial charge is 0.309 e. The number of hydrogen-bond acceptors (Lipinski definition) is 0. The van der Waals surface area contributed by atoms with Gasteiger partial charge in [-0.1, -0.05) is 133 Å². The molecule has 3 nitrogen and oxygen atoms in total. The predicted octanol–water partition coefficient (Wildman–Crippen LogP) is 12.6. The summed E-state index contributed by atoms with van der Waals surface area (Å²) in [6, 6.07) is 68.4. The van der Waals surface area contributed by atoms with E-state index in [2.05, 4.69) is 202 Å². The van der Waals surface area contributed by atoms with Gasteiger partial charge in [-0.05, 0) is 65.7 Å². The Hall–Kier alpha value is -6.84. The highest BCUT2D eigenvalue weighted by molar-refractivity contribution is 6.24. The van der Waals surface area contributed by atoms with Crippen molar-refractivity contribution >= 4 is 65.4 Å². The zero-order valence-electron chi connectivity index (χ0n) is 27.7. The number of rotatable bonds is 4. The van der Waals surface area contributed by atoms with Gasteiger partial charge < -0.3 is 13.7 Å². The summed E-state index contributed by atoms with van der Waals surface area (Å²) in [5.41, 5.74) is 13.1. The molecule has 0 atom stereocenters. The zero-order chi connectivity index (χ0) is 33.5. The molecular formula is C48H31N3. The van der Waals surface area contributed by atoms with E-state index in [0.29, 0.717) is 0 Å². The van der Waals surface area contributed by atoms with Gasteiger partial charge in [-0.3, -0.25) is 0 Å². The quantitative estimate of drug-likeness (QED) is 0.180. The van der Waals surface area contributed by atoms with E-state index in [9.17, 15) is 0 Å². The molecule has 8 aromatic carbocycles. The number of fused-ring (bicyclic) bond motifs is 10. The second kappa shape index (κ2) is 10.8. The van der Waals surface area contributed by atoms with Crippen molar-refractivity contribution in [3.05, 3.63) is 188 Å². The molecule has 0 saturated carbocycles. The van der Waals surface area contributed by atoms with Gasteiger partial charge in [-0.2, -0.15) is 0 Å². The van der Waals surface area contributed by atoms with Crippen LogP contribution < -0.4 is 0 Å². The Morgan fingerprint density at radius 3 is 1.16 bits per heavy atom. The van der Waals surface area contributed by atoms with E-state index in [4.69, 9.17) is 0 Å². The van der Waals surface area contributed by atoms with Crippen LogP contribution in [0.3, 0.4) is 0 Å². The lowest BCUT2D eigenvalue weighted by atomic mass is 10.1. The standard InChI is InChI=1S/C48H31N3/c1-2-13-32(14-3-1)33-25-27-34(28-26-33)50-45-23-10-6-19-39(45)41-29-30-42-40-20-7-11-24-46(40)51(48(42)47(41)50)36-16-12-15-35(31-36)49-43-21-8-4-17-37(43)38-18-5-9-22-44(38)49/h1-31H. The van der Waals surface area contributed by atoms with Gasteiger partial charge in [0, 0.05) is 49.4 Å². The third kappa shape index (κ3) is 4.06. The van der Waals surface area contributed by atoms with Gasteiger partial charge in [0.25, 0.3) is 0 Å². The molecule has 0 N–H and O–H groups in total. The van der Waals surface area contributed by atoms with E-state index < -0.39 is 0 Å². The van der Waals surface area contributed by atoms with Gasteiger partial charge in [-0.15, -0.1) is 0 Å². The summed E-state index contributed by atoms with van der Waals surface area (Å²) in [4.78, 5) is 0. The molecule has 0 aliphatic rings. The van der Waals surface area contributed by atoms with Crippen molar-refractivity contribution in [3.63, 3.8) is 0 Å². The van der Waals surface area contributed by atoms with Gasteiger partial charge in [0.2, 0.25) is 0 Å². The molecule has 0 fully saturated rings. The van der Waals surface area contributed by atoms with E-state index in [1.807, 2.05) is 0 Å². The molecule has 0 saturated heterocycles. The summed E-state index contributed by atoms with van der Waals surface area (Å²) in [6.45, 7) is 0. The predicted molar refractivity (Wildman–Crippen MR) is 215 cm³/mol. The number of para-hydroxylation sites is 4. The van der Waals surface area contributed by atoms with Crippen molar-refractivity contribution in [2.75, 3.05) is 0 Å². The van der Waals surface area contributed by atoms with Crippen molar-refractivity contribution in [3.8, 4) is 28.2 Å². The van der Waals surface area contributed by atoms with E-state index >= 15 is 0 Å². The highest BCUT2D eigenvalue weighted by Gasteiger charge is 2.21. The summed E-state index contributed by atoms with van der Waals surface area (Å²) < 4.78 is 7.36. The van der Waals surface area contributed by atoms with E-state index in [1.54, 1.807) is 0 Å². The molecule has 3 heteroatoms. The minimum atomic E-state index is 1.13. The Kier molecular flexibility index (Phi) is 5.96. The van der Waals surface area contributed by atoms with E-state index in [0.717, 1.165) is 17.1 Å². The van der Waals surface area contributed by atoms with Crippen LogP contribution in [0.15, 0.2) is 188 Å². The average Bonchev–Trinajstić information content (AvgIpc) is 3.84. The molecule has 0 spiro atoms. The molecule has 0 amide bonds. The normalized spacial score (nSPS) is 11.9. The number of nitrogens with zero attached hydrogens (tertiary/aromatic N) is 3. The first-order valence-corrected chi connectivity index (χ1v) is 17.5. The van der Waals surface area contributed by atoms with Crippen molar-refractivity contribution in [1.29, 1.82) is 0 Å². The molecule has 11 aromatic rings. The Bertz CT molecular complexity index is 3070. The molecule has 51 heavy (non-hydrogen) atoms. The SMILES string of the molecule is c1ccc(-c2ccc(-n3c4ccccc4c4ccc5c6ccccc6n(-c6cccc(-n7c8ccccc8c8ccccc87)c6)c5c43)cc2)cc1. The molecule has 3 aromatic heterocycles. The molecule has 0 unspecified atom stereocenters. The summed E-state index contributed by atoms with van der Waals surface area (Å²) in [5.74, 6) is 0. The molecule has 3 heterocycles. The number of aromatic nitrogens is 3. The summed E-state index contributed by atoms with van der Waals surface area (Å²) >= 11 is 0. The van der Waals surface area contributed by atoms with Gasteiger partial charge in [0.15, 0.2) is 0 Å². The van der Waals surface area contributed by atoms with Crippen LogP contribution in [0.25, 0.3) is 93.6 Å². The third-order valence-corrected chi connectivity index (χ3v) is 10.6. The number of hydrogen-bond donors (Lipinski definition) is 0. The Morgan fingerprint density at radius 1 is 0.235 bits per heavy atom. The maximum absolute atomic E-state index is 2.48. The van der Waals surface area contributed by atoms with Crippen LogP contribution in [0.5, 0.6) is 0 Å². The topological polar surface area (TPSA) is 14.8 Å². The second-order valence-electron chi connectivity index (χ2n) is 13.4. The monoisotopic (exact) mass is 649 g/mol. The van der Waals surface area contributed by atoms with Crippen molar-refractivity contribution in [2.45, 2.75) is 0 Å². The lowest BCUT2D eigenvalue weighted by Crippen LogP contribution is -2.00. The fourth-order valence-electron chi connectivity index (χ4n) is 8.44. The van der Waals surface area contributed by atoms with Crippen LogP contribution in [-0.2, 0) is 0 Å². The van der Waals surface area contributed by atoms with E-state index in [1.165, 1.54) is 76.5 Å². The van der Waals surface area contributed by atoms with Crippen LogP contribution in [-0.4, -0.2) is 13.7 Å². The van der Waals surface area contributed by atoms with E-state index in [-0.39, 0.29) is 0 Å². The third-order valence-electron chi connectivity index (χ3n) is 10.6. The smallest absolute Gasteiger partial charge is 0.0788 e. The molecule has 0 radical (unpaired) electrons. The Morgan fingerprint density at radius 2 is 0.627 bits per heavy atom. The first-order chi connectivity index (χ1) is 25.3. The number of benzene rings is 8. The summed E-state index contributed by atoms with van der Waals surface area (Å²) in [5, 5.41) is 7.50. The minimum Gasteiger partial charge on any atom is -0.309 e. The first kappa shape index (κ1) is 28.0. The van der Waals surface area contributed by atoms with Gasteiger partial charge in [0.1, 0.15) is 0 Å². The lowest BCUT2D eigenvalue weighted by molar-refractivity contribution is 1.13. The molecular weight excluding hydrogens is 619 g/mol. The van der Waals surface area contributed by atoms with Crippen molar-refractivity contribution < 1.29 is 0 Å². The van der Waals surface area contributed by atoms with Crippen LogP contribution in [0.4, 0.5) is 0 Å². The molecule has 11 rings (SSSR count).